The van der Waals surface area contributed by atoms with Crippen molar-refractivity contribution in [1.82, 2.24) is 0 Å². The summed E-state index contributed by atoms with van der Waals surface area (Å²) in [6.45, 7) is 4.34. The van der Waals surface area contributed by atoms with Crippen LogP contribution in [0.4, 0.5) is 0 Å². The first-order valence-corrected chi connectivity index (χ1v) is 4.78. The maximum Gasteiger partial charge on any atom is 0.331 e. The average Bonchev–Trinajstić information content (AvgIpc) is 2.17. The predicted octanol–water partition coefficient (Wildman–Crippen LogP) is 2.76. The van der Waals surface area contributed by atoms with Gasteiger partial charge in [0, 0.05) is 5.57 Å². The van der Waals surface area contributed by atoms with Gasteiger partial charge < -0.3 is 5.11 Å². The van der Waals surface area contributed by atoms with Crippen molar-refractivity contribution in [2.75, 3.05) is 0 Å². The highest BCUT2D eigenvalue weighted by Gasteiger charge is 2.14. The lowest BCUT2D eigenvalue weighted by molar-refractivity contribution is -0.132. The van der Waals surface area contributed by atoms with Gasteiger partial charge in [-0.2, -0.15) is 0 Å². The zero-order chi connectivity index (χ0) is 9.84. The Morgan fingerprint density at radius 2 is 2.23 bits per heavy atom. The molecule has 0 bridgehead atoms. The smallest absolute Gasteiger partial charge is 0.331 e. The Morgan fingerprint density at radius 3 is 2.62 bits per heavy atom. The predicted molar refractivity (Wildman–Crippen MR) is 52.5 cm³/mol. The molecular formula is C11H16O2. The van der Waals surface area contributed by atoms with E-state index in [0.717, 1.165) is 12.8 Å². The second-order valence-corrected chi connectivity index (χ2v) is 3.55. The van der Waals surface area contributed by atoms with Gasteiger partial charge in [-0.05, 0) is 25.2 Å². The van der Waals surface area contributed by atoms with E-state index in [1.807, 2.05) is 6.08 Å². The molecule has 1 rings (SSSR count). The van der Waals surface area contributed by atoms with E-state index in [4.69, 9.17) is 5.11 Å². The van der Waals surface area contributed by atoms with Crippen LogP contribution in [0.1, 0.15) is 33.1 Å². The fourth-order valence-electron chi connectivity index (χ4n) is 1.50. The van der Waals surface area contributed by atoms with E-state index in [2.05, 4.69) is 13.8 Å². The molecule has 1 atom stereocenters. The zero-order valence-electron chi connectivity index (χ0n) is 8.21. The van der Waals surface area contributed by atoms with Crippen LogP contribution in [-0.4, -0.2) is 11.1 Å². The molecule has 1 aliphatic carbocycles. The molecule has 0 saturated carbocycles. The summed E-state index contributed by atoms with van der Waals surface area (Å²) in [5.41, 5.74) is 1.92. The van der Waals surface area contributed by atoms with Crippen LogP contribution in [-0.2, 0) is 4.79 Å². The molecule has 0 aromatic heterocycles. The van der Waals surface area contributed by atoms with Crippen LogP contribution in [0.25, 0.3) is 0 Å². The van der Waals surface area contributed by atoms with Crippen LogP contribution < -0.4 is 0 Å². The summed E-state index contributed by atoms with van der Waals surface area (Å²) < 4.78 is 0. The fourth-order valence-corrected chi connectivity index (χ4v) is 1.50. The molecule has 0 aromatic carbocycles. The van der Waals surface area contributed by atoms with Gasteiger partial charge in [0.2, 0.25) is 0 Å². The molecule has 2 nitrogen and oxygen atoms in total. The van der Waals surface area contributed by atoms with Crippen molar-refractivity contribution in [1.29, 1.82) is 0 Å². The number of carbonyl (C=O) groups is 1. The Balaban J connectivity index is 2.70. The molecule has 1 aliphatic rings. The lowest BCUT2D eigenvalue weighted by atomic mass is 9.89. The summed E-state index contributed by atoms with van der Waals surface area (Å²) in [6, 6.07) is 0. The van der Waals surface area contributed by atoms with Crippen LogP contribution >= 0.6 is 0 Å². The number of hydrogen-bond donors (Lipinski definition) is 1. The van der Waals surface area contributed by atoms with Crippen molar-refractivity contribution < 1.29 is 9.90 Å². The van der Waals surface area contributed by atoms with Crippen molar-refractivity contribution in [3.8, 4) is 0 Å². The molecule has 1 unspecified atom stereocenters. The van der Waals surface area contributed by atoms with E-state index >= 15 is 0 Å². The SMILES string of the molecule is CCC(C)C1=CC=C(C(=O)O)CC1. The first kappa shape index (κ1) is 10.0. The monoisotopic (exact) mass is 180 g/mol. The van der Waals surface area contributed by atoms with Gasteiger partial charge in [-0.1, -0.05) is 31.6 Å². The summed E-state index contributed by atoms with van der Waals surface area (Å²) >= 11 is 0. The van der Waals surface area contributed by atoms with Gasteiger partial charge in [-0.15, -0.1) is 0 Å². The van der Waals surface area contributed by atoms with Crippen LogP contribution in [0.2, 0.25) is 0 Å². The van der Waals surface area contributed by atoms with Crippen LogP contribution in [0, 0.1) is 5.92 Å². The molecule has 13 heavy (non-hydrogen) atoms. The standard InChI is InChI=1S/C11H16O2/c1-3-8(2)9-4-6-10(7-5-9)11(12)13/h4,6,8H,3,5,7H2,1-2H3,(H,12,13). The van der Waals surface area contributed by atoms with Crippen LogP contribution in [0.5, 0.6) is 0 Å². The number of rotatable bonds is 3. The molecule has 0 radical (unpaired) electrons. The molecule has 1 N–H and O–H groups in total. The molecule has 0 saturated heterocycles. The number of aliphatic carboxylic acids is 1. The van der Waals surface area contributed by atoms with E-state index in [1.54, 1.807) is 6.08 Å². The first-order chi connectivity index (χ1) is 6.15. The Bertz CT molecular complexity index is 261. The van der Waals surface area contributed by atoms with Crippen molar-refractivity contribution in [2.45, 2.75) is 33.1 Å². The van der Waals surface area contributed by atoms with Gasteiger partial charge in [-0.3, -0.25) is 0 Å². The lowest BCUT2D eigenvalue weighted by Crippen LogP contribution is -2.07. The molecule has 0 spiro atoms. The van der Waals surface area contributed by atoms with Crippen molar-refractivity contribution >= 4 is 5.97 Å². The van der Waals surface area contributed by atoms with Gasteiger partial charge >= 0.3 is 5.97 Å². The maximum atomic E-state index is 10.6. The van der Waals surface area contributed by atoms with Gasteiger partial charge in [0.1, 0.15) is 0 Å². The van der Waals surface area contributed by atoms with Crippen molar-refractivity contribution in [2.24, 2.45) is 5.92 Å². The molecule has 0 amide bonds. The Labute approximate surface area is 79.0 Å². The highest BCUT2D eigenvalue weighted by Crippen LogP contribution is 2.25. The van der Waals surface area contributed by atoms with E-state index < -0.39 is 5.97 Å². The first-order valence-electron chi connectivity index (χ1n) is 4.78. The number of carboxylic acid groups (broad SMARTS) is 1. The van der Waals surface area contributed by atoms with Crippen LogP contribution in [0.15, 0.2) is 23.3 Å². The maximum absolute atomic E-state index is 10.6. The zero-order valence-corrected chi connectivity index (χ0v) is 8.21. The van der Waals surface area contributed by atoms with Gasteiger partial charge in [0.25, 0.3) is 0 Å². The summed E-state index contributed by atoms with van der Waals surface area (Å²) in [6.07, 6.45) is 6.44. The summed E-state index contributed by atoms with van der Waals surface area (Å²) in [7, 11) is 0. The lowest BCUT2D eigenvalue weighted by Gasteiger charge is -2.17. The topological polar surface area (TPSA) is 37.3 Å². The molecule has 0 aliphatic heterocycles. The molecule has 72 valence electrons. The highest BCUT2D eigenvalue weighted by molar-refractivity contribution is 5.87. The van der Waals surface area contributed by atoms with Gasteiger partial charge in [-0.25, -0.2) is 4.79 Å². The Morgan fingerprint density at radius 1 is 1.54 bits per heavy atom. The number of allylic oxidation sites excluding steroid dienone is 3. The molecule has 2 heteroatoms. The minimum Gasteiger partial charge on any atom is -0.478 e. The number of carboxylic acids is 1. The van der Waals surface area contributed by atoms with E-state index in [-0.39, 0.29) is 0 Å². The third-order valence-corrected chi connectivity index (χ3v) is 2.70. The minimum absolute atomic E-state index is 0.534. The van der Waals surface area contributed by atoms with E-state index in [1.165, 1.54) is 5.57 Å². The third-order valence-electron chi connectivity index (χ3n) is 2.70. The summed E-state index contributed by atoms with van der Waals surface area (Å²) in [4.78, 5) is 10.6. The van der Waals surface area contributed by atoms with E-state index in [0.29, 0.717) is 17.9 Å². The normalized spacial score (nSPS) is 18.9. The van der Waals surface area contributed by atoms with Gasteiger partial charge in [0.05, 0.1) is 0 Å². The quantitative estimate of drug-likeness (QED) is 0.725. The van der Waals surface area contributed by atoms with Crippen molar-refractivity contribution in [3.63, 3.8) is 0 Å². The summed E-state index contributed by atoms with van der Waals surface area (Å²) in [5.74, 6) is -0.189. The Kier molecular flexibility index (Phi) is 3.29. The molecular weight excluding hydrogens is 164 g/mol. The third kappa shape index (κ3) is 2.44. The van der Waals surface area contributed by atoms with Crippen molar-refractivity contribution in [3.05, 3.63) is 23.3 Å². The van der Waals surface area contributed by atoms with Crippen LogP contribution in [0.3, 0.4) is 0 Å². The highest BCUT2D eigenvalue weighted by atomic mass is 16.4. The largest absolute Gasteiger partial charge is 0.478 e. The second kappa shape index (κ2) is 4.26. The molecule has 0 aromatic rings. The fraction of sp³-hybridized carbons (Fsp3) is 0.545. The molecule has 0 heterocycles. The average molecular weight is 180 g/mol. The molecule has 0 fully saturated rings. The summed E-state index contributed by atoms with van der Waals surface area (Å²) in [5, 5.41) is 8.72. The number of hydrogen-bond acceptors (Lipinski definition) is 1. The van der Waals surface area contributed by atoms with Gasteiger partial charge in [0.15, 0.2) is 0 Å². The minimum atomic E-state index is -0.778. The Hall–Kier alpha value is -1.05. The van der Waals surface area contributed by atoms with E-state index in [9.17, 15) is 4.79 Å². The second-order valence-electron chi connectivity index (χ2n) is 3.55.